The van der Waals surface area contributed by atoms with E-state index < -0.39 is 0 Å². The quantitative estimate of drug-likeness (QED) is 0.805. The molecular weight excluding hydrogens is 270 g/mol. The van der Waals surface area contributed by atoms with Gasteiger partial charge in [-0.15, -0.1) is 0 Å². The Balaban J connectivity index is 1.65. The number of hydrogen-bond acceptors (Lipinski definition) is 5. The summed E-state index contributed by atoms with van der Waals surface area (Å²) in [5, 5.41) is 5.63. The lowest BCUT2D eigenvalue weighted by molar-refractivity contribution is 0.273. The Labute approximate surface area is 123 Å². The van der Waals surface area contributed by atoms with Crippen molar-refractivity contribution in [2.75, 3.05) is 31.1 Å². The van der Waals surface area contributed by atoms with E-state index in [1.54, 1.807) is 0 Å². The van der Waals surface area contributed by atoms with Crippen LogP contribution in [0.25, 0.3) is 10.3 Å². The van der Waals surface area contributed by atoms with Crippen molar-refractivity contribution in [3.8, 4) is 0 Å². The Morgan fingerprint density at radius 2 is 2.05 bits per heavy atom. The molecule has 0 aliphatic carbocycles. The minimum Gasteiger partial charge on any atom is -0.346 e. The highest BCUT2D eigenvalue weighted by molar-refractivity contribution is 7.22. The van der Waals surface area contributed by atoms with Gasteiger partial charge < -0.3 is 4.90 Å². The second-order valence-electron chi connectivity index (χ2n) is 5.99. The maximum atomic E-state index is 4.84. The first-order valence-corrected chi connectivity index (χ1v) is 8.33. The minimum absolute atomic E-state index is 0.740. The van der Waals surface area contributed by atoms with Crippen molar-refractivity contribution in [1.29, 1.82) is 0 Å². The van der Waals surface area contributed by atoms with E-state index in [0.717, 1.165) is 30.5 Å². The molecule has 5 nitrogen and oxygen atoms in total. The van der Waals surface area contributed by atoms with E-state index in [0.29, 0.717) is 0 Å². The van der Waals surface area contributed by atoms with Gasteiger partial charge in [0.1, 0.15) is 0 Å². The number of fused-ring (bicyclic) bond motifs is 2. The molecule has 0 spiro atoms. The molecule has 108 valence electrons. The first-order chi connectivity index (χ1) is 9.72. The highest BCUT2D eigenvalue weighted by Crippen LogP contribution is 2.32. The standard InChI is InChI=1S/C14H21N5S/c1-10-12-13(17(2)16-10)15-14(20-12)19-8-4-7-18-6-3-5-11(18)9-19/h11H,3-9H2,1-2H3/t11-/m0/s1. The van der Waals surface area contributed by atoms with Crippen LogP contribution in [-0.4, -0.2) is 51.9 Å². The van der Waals surface area contributed by atoms with Crippen LogP contribution >= 0.6 is 11.3 Å². The van der Waals surface area contributed by atoms with E-state index >= 15 is 0 Å². The Morgan fingerprint density at radius 3 is 2.90 bits per heavy atom. The van der Waals surface area contributed by atoms with Gasteiger partial charge in [0.2, 0.25) is 0 Å². The van der Waals surface area contributed by atoms with Crippen LogP contribution in [0.5, 0.6) is 0 Å². The normalized spacial score (nSPS) is 24.3. The summed E-state index contributed by atoms with van der Waals surface area (Å²) < 4.78 is 3.15. The summed E-state index contributed by atoms with van der Waals surface area (Å²) in [5.41, 5.74) is 2.14. The molecule has 20 heavy (non-hydrogen) atoms. The zero-order valence-corrected chi connectivity index (χ0v) is 13.0. The highest BCUT2D eigenvalue weighted by atomic mass is 32.1. The number of aromatic nitrogens is 3. The van der Waals surface area contributed by atoms with Crippen LogP contribution in [0.3, 0.4) is 0 Å². The maximum absolute atomic E-state index is 4.84. The first kappa shape index (κ1) is 12.6. The van der Waals surface area contributed by atoms with E-state index in [4.69, 9.17) is 4.98 Å². The summed E-state index contributed by atoms with van der Waals surface area (Å²) in [6, 6.07) is 0.740. The van der Waals surface area contributed by atoms with Crippen molar-refractivity contribution in [2.45, 2.75) is 32.2 Å². The van der Waals surface area contributed by atoms with Crippen LogP contribution in [0.15, 0.2) is 0 Å². The van der Waals surface area contributed by atoms with E-state index in [1.807, 2.05) is 23.1 Å². The molecule has 0 saturated carbocycles. The van der Waals surface area contributed by atoms with Gasteiger partial charge in [0, 0.05) is 32.7 Å². The van der Waals surface area contributed by atoms with Crippen LogP contribution in [0.2, 0.25) is 0 Å². The SMILES string of the molecule is Cc1nn(C)c2nc(N3CCCN4CCC[C@H]4C3)sc12. The summed E-state index contributed by atoms with van der Waals surface area (Å²) in [5.74, 6) is 0. The lowest BCUT2D eigenvalue weighted by Gasteiger charge is -2.25. The number of nitrogens with zero attached hydrogens (tertiary/aromatic N) is 5. The number of anilines is 1. The van der Waals surface area contributed by atoms with Gasteiger partial charge in [0.15, 0.2) is 10.8 Å². The number of aryl methyl sites for hydroxylation is 2. The molecule has 1 atom stereocenters. The average molecular weight is 291 g/mol. The summed E-state index contributed by atoms with van der Waals surface area (Å²) in [4.78, 5) is 10.0. The zero-order valence-electron chi connectivity index (χ0n) is 12.2. The van der Waals surface area contributed by atoms with Crippen LogP contribution < -0.4 is 4.90 Å². The third kappa shape index (κ3) is 1.93. The van der Waals surface area contributed by atoms with E-state index in [-0.39, 0.29) is 0 Å². The molecule has 2 aromatic rings. The lowest BCUT2D eigenvalue weighted by atomic mass is 10.2. The molecule has 4 heterocycles. The fraction of sp³-hybridized carbons (Fsp3) is 0.714. The molecule has 0 bridgehead atoms. The molecule has 2 saturated heterocycles. The third-order valence-corrected chi connectivity index (χ3v) is 5.82. The molecule has 2 aliphatic heterocycles. The monoisotopic (exact) mass is 291 g/mol. The molecule has 2 fully saturated rings. The largest absolute Gasteiger partial charge is 0.346 e. The molecule has 2 aliphatic rings. The van der Waals surface area contributed by atoms with E-state index in [1.165, 1.54) is 42.2 Å². The molecule has 0 N–H and O–H groups in total. The lowest BCUT2D eigenvalue weighted by Crippen LogP contribution is -2.36. The van der Waals surface area contributed by atoms with E-state index in [9.17, 15) is 0 Å². The van der Waals surface area contributed by atoms with Gasteiger partial charge in [0.25, 0.3) is 0 Å². The van der Waals surface area contributed by atoms with Crippen molar-refractivity contribution >= 4 is 26.8 Å². The second-order valence-corrected chi connectivity index (χ2v) is 6.97. The average Bonchev–Trinajstić information content (AvgIpc) is 3.07. The Kier molecular flexibility index (Phi) is 2.96. The highest BCUT2D eigenvalue weighted by Gasteiger charge is 2.30. The number of hydrogen-bond donors (Lipinski definition) is 0. The first-order valence-electron chi connectivity index (χ1n) is 7.51. The topological polar surface area (TPSA) is 37.2 Å². The minimum atomic E-state index is 0.740. The van der Waals surface area contributed by atoms with Crippen LogP contribution in [0, 0.1) is 6.92 Å². The summed E-state index contributed by atoms with van der Waals surface area (Å²) in [6.07, 6.45) is 3.97. The van der Waals surface area contributed by atoms with Crippen LogP contribution in [-0.2, 0) is 7.05 Å². The molecule has 4 rings (SSSR count). The van der Waals surface area contributed by atoms with Gasteiger partial charge in [-0.1, -0.05) is 11.3 Å². The van der Waals surface area contributed by atoms with Crippen molar-refractivity contribution in [1.82, 2.24) is 19.7 Å². The number of rotatable bonds is 1. The summed E-state index contributed by atoms with van der Waals surface area (Å²) >= 11 is 1.81. The molecule has 0 amide bonds. The fourth-order valence-corrected chi connectivity index (χ4v) is 4.66. The van der Waals surface area contributed by atoms with Crippen LogP contribution in [0.4, 0.5) is 5.13 Å². The molecule has 6 heteroatoms. The van der Waals surface area contributed by atoms with Gasteiger partial charge in [-0.25, -0.2) is 9.67 Å². The third-order valence-electron chi connectivity index (χ3n) is 4.61. The van der Waals surface area contributed by atoms with Gasteiger partial charge in [-0.05, 0) is 32.7 Å². The second kappa shape index (κ2) is 4.70. The van der Waals surface area contributed by atoms with Gasteiger partial charge >= 0.3 is 0 Å². The van der Waals surface area contributed by atoms with Gasteiger partial charge in [-0.2, -0.15) is 5.10 Å². The predicted octanol–water partition coefficient (Wildman–Crippen LogP) is 2.01. The van der Waals surface area contributed by atoms with Crippen LogP contribution in [0.1, 0.15) is 25.0 Å². The molecule has 0 unspecified atom stereocenters. The number of thiazole rings is 1. The van der Waals surface area contributed by atoms with Gasteiger partial charge in [0.05, 0.1) is 10.4 Å². The molecule has 2 aromatic heterocycles. The Hall–Kier alpha value is -1.14. The van der Waals surface area contributed by atoms with Crippen molar-refractivity contribution < 1.29 is 0 Å². The molecule has 0 aromatic carbocycles. The summed E-state index contributed by atoms with van der Waals surface area (Å²) in [7, 11) is 1.99. The van der Waals surface area contributed by atoms with E-state index in [2.05, 4.69) is 21.8 Å². The Bertz CT molecular complexity index is 596. The van der Waals surface area contributed by atoms with Crippen molar-refractivity contribution in [3.63, 3.8) is 0 Å². The molecular formula is C14H21N5S. The van der Waals surface area contributed by atoms with Crippen molar-refractivity contribution in [3.05, 3.63) is 5.69 Å². The van der Waals surface area contributed by atoms with Gasteiger partial charge in [-0.3, -0.25) is 4.90 Å². The fourth-order valence-electron chi connectivity index (χ4n) is 3.59. The maximum Gasteiger partial charge on any atom is 0.188 e. The van der Waals surface area contributed by atoms with Crippen molar-refractivity contribution in [2.24, 2.45) is 7.05 Å². The predicted molar refractivity (Wildman–Crippen MR) is 82.5 cm³/mol. The smallest absolute Gasteiger partial charge is 0.188 e. The zero-order chi connectivity index (χ0) is 13.7. The molecule has 0 radical (unpaired) electrons. The summed E-state index contributed by atoms with van der Waals surface area (Å²) in [6.45, 7) is 6.91. The Morgan fingerprint density at radius 1 is 1.20 bits per heavy atom.